The van der Waals surface area contributed by atoms with E-state index in [0.717, 1.165) is 31.8 Å². The molecule has 29 heavy (non-hydrogen) atoms. The molecule has 2 aliphatic rings. The van der Waals surface area contributed by atoms with Crippen molar-refractivity contribution >= 4 is 5.91 Å². The topological polar surface area (TPSA) is 50.8 Å². The maximum Gasteiger partial charge on any atom is 0.251 e. The van der Waals surface area contributed by atoms with Gasteiger partial charge in [-0.25, -0.2) is 0 Å². The first kappa shape index (κ1) is 19.9. The molecule has 5 heteroatoms. The fourth-order valence-corrected chi connectivity index (χ4v) is 4.29. The minimum atomic E-state index is -0.0241. The van der Waals surface area contributed by atoms with Gasteiger partial charge in [0, 0.05) is 37.7 Å². The minimum absolute atomic E-state index is 0.0241. The fraction of sp³-hybridized carbons (Fsp3) is 0.458. The van der Waals surface area contributed by atoms with Crippen LogP contribution in [0.5, 0.6) is 5.75 Å². The lowest BCUT2D eigenvalue weighted by molar-refractivity contribution is -0.0704. The van der Waals surface area contributed by atoms with E-state index in [1.54, 1.807) is 0 Å². The zero-order chi connectivity index (χ0) is 20.2. The number of ether oxygens (including phenoxy) is 2. The number of hydrogen-bond donors (Lipinski definition) is 1. The first-order chi connectivity index (χ1) is 14.1. The first-order valence-corrected chi connectivity index (χ1v) is 10.5. The number of carbonyl (C=O) groups excluding carboxylic acids is 1. The number of morpholine rings is 1. The Morgan fingerprint density at radius 1 is 1.07 bits per heavy atom. The van der Waals surface area contributed by atoms with Crippen molar-refractivity contribution in [3.8, 4) is 5.75 Å². The Labute approximate surface area is 173 Å². The van der Waals surface area contributed by atoms with Crippen LogP contribution in [0.4, 0.5) is 0 Å². The number of para-hydroxylation sites is 1. The van der Waals surface area contributed by atoms with Crippen LogP contribution in [0, 0.1) is 5.92 Å². The molecule has 0 aliphatic carbocycles. The van der Waals surface area contributed by atoms with Crippen molar-refractivity contribution in [3.05, 3.63) is 65.2 Å². The molecule has 0 bridgehead atoms. The maximum atomic E-state index is 12.5. The summed E-state index contributed by atoms with van der Waals surface area (Å²) >= 11 is 0. The van der Waals surface area contributed by atoms with Gasteiger partial charge in [-0.1, -0.05) is 30.3 Å². The first-order valence-electron chi connectivity index (χ1n) is 10.5. The minimum Gasteiger partial charge on any atom is -0.493 e. The van der Waals surface area contributed by atoms with Crippen molar-refractivity contribution in [2.45, 2.75) is 39.0 Å². The Hall–Kier alpha value is -2.37. The number of nitrogens with one attached hydrogen (secondary N) is 1. The van der Waals surface area contributed by atoms with Crippen molar-refractivity contribution in [2.75, 3.05) is 26.2 Å². The van der Waals surface area contributed by atoms with E-state index in [0.29, 0.717) is 24.6 Å². The zero-order valence-electron chi connectivity index (χ0n) is 17.3. The summed E-state index contributed by atoms with van der Waals surface area (Å²) in [6.45, 7) is 8.28. The number of hydrogen-bond acceptors (Lipinski definition) is 4. The highest BCUT2D eigenvalue weighted by molar-refractivity contribution is 5.94. The van der Waals surface area contributed by atoms with Crippen LogP contribution in [-0.4, -0.2) is 49.3 Å². The molecule has 2 aromatic rings. The maximum absolute atomic E-state index is 12.5. The number of carbonyl (C=O) groups is 1. The smallest absolute Gasteiger partial charge is 0.251 e. The van der Waals surface area contributed by atoms with E-state index in [2.05, 4.69) is 42.3 Å². The molecule has 1 N–H and O–H groups in total. The number of fused-ring (bicyclic) bond motifs is 1. The molecule has 0 saturated carbocycles. The Morgan fingerprint density at radius 3 is 2.55 bits per heavy atom. The molecule has 5 nitrogen and oxygen atoms in total. The standard InChI is InChI=1S/C24H30N2O3/c1-17-13-26(14-18(2)29-17)15-19-7-9-21(10-8-19)24(27)25-12-20-11-22-5-3-4-6-23(22)28-16-20/h3-10,17-18,20H,11-16H2,1-2H3,(H,25,27). The molecule has 1 saturated heterocycles. The molecule has 3 atom stereocenters. The van der Waals surface area contributed by atoms with Gasteiger partial charge in [0.1, 0.15) is 5.75 Å². The summed E-state index contributed by atoms with van der Waals surface area (Å²) in [5.41, 5.74) is 3.14. The Kier molecular flexibility index (Phi) is 6.16. The van der Waals surface area contributed by atoms with Gasteiger partial charge in [-0.3, -0.25) is 9.69 Å². The molecule has 4 rings (SSSR count). The summed E-state index contributed by atoms with van der Waals surface area (Å²) in [6.07, 6.45) is 1.46. The average Bonchev–Trinajstić information content (AvgIpc) is 2.71. The lowest BCUT2D eigenvalue weighted by Gasteiger charge is -2.35. The van der Waals surface area contributed by atoms with E-state index >= 15 is 0 Å². The van der Waals surface area contributed by atoms with Crippen molar-refractivity contribution in [2.24, 2.45) is 5.92 Å². The predicted molar refractivity (Wildman–Crippen MR) is 113 cm³/mol. The average molecular weight is 395 g/mol. The van der Waals surface area contributed by atoms with Gasteiger partial charge in [-0.05, 0) is 49.6 Å². The molecule has 2 aromatic carbocycles. The van der Waals surface area contributed by atoms with Crippen molar-refractivity contribution in [1.29, 1.82) is 0 Å². The lowest BCUT2D eigenvalue weighted by Crippen LogP contribution is -2.44. The molecule has 2 aliphatic heterocycles. The van der Waals surface area contributed by atoms with Crippen LogP contribution in [0.1, 0.15) is 35.3 Å². The van der Waals surface area contributed by atoms with Gasteiger partial charge in [-0.2, -0.15) is 0 Å². The molecular formula is C24H30N2O3. The largest absolute Gasteiger partial charge is 0.493 e. The summed E-state index contributed by atoms with van der Waals surface area (Å²) in [5, 5.41) is 3.07. The highest BCUT2D eigenvalue weighted by atomic mass is 16.5. The van der Waals surface area contributed by atoms with Gasteiger partial charge >= 0.3 is 0 Å². The third-order valence-corrected chi connectivity index (χ3v) is 5.62. The number of benzene rings is 2. The molecular weight excluding hydrogens is 364 g/mol. The Bertz CT molecular complexity index is 826. The fourth-order valence-electron chi connectivity index (χ4n) is 4.29. The second-order valence-electron chi connectivity index (χ2n) is 8.35. The van der Waals surface area contributed by atoms with Crippen LogP contribution in [-0.2, 0) is 17.7 Å². The van der Waals surface area contributed by atoms with Gasteiger partial charge in [0.2, 0.25) is 0 Å². The van der Waals surface area contributed by atoms with E-state index in [1.165, 1.54) is 11.1 Å². The van der Waals surface area contributed by atoms with Crippen LogP contribution < -0.4 is 10.1 Å². The summed E-state index contributed by atoms with van der Waals surface area (Å²) < 4.78 is 11.6. The van der Waals surface area contributed by atoms with Gasteiger partial charge in [0.25, 0.3) is 5.91 Å². The van der Waals surface area contributed by atoms with E-state index in [1.807, 2.05) is 30.3 Å². The molecule has 0 radical (unpaired) electrons. The van der Waals surface area contributed by atoms with Gasteiger partial charge in [0.15, 0.2) is 0 Å². The van der Waals surface area contributed by atoms with Crippen LogP contribution in [0.25, 0.3) is 0 Å². The highest BCUT2D eigenvalue weighted by Crippen LogP contribution is 2.26. The SMILES string of the molecule is CC1CN(Cc2ccc(C(=O)NCC3COc4ccccc4C3)cc2)CC(C)O1. The van der Waals surface area contributed by atoms with E-state index < -0.39 is 0 Å². The molecule has 3 unspecified atom stereocenters. The normalized spacial score (nSPS) is 24.4. The summed E-state index contributed by atoms with van der Waals surface area (Å²) in [7, 11) is 0. The van der Waals surface area contributed by atoms with Crippen LogP contribution in [0.2, 0.25) is 0 Å². The summed E-state index contributed by atoms with van der Waals surface area (Å²) in [4.78, 5) is 15.0. The Morgan fingerprint density at radius 2 is 1.79 bits per heavy atom. The monoisotopic (exact) mass is 394 g/mol. The summed E-state index contributed by atoms with van der Waals surface area (Å²) in [6, 6.07) is 16.1. The number of nitrogens with zero attached hydrogens (tertiary/aromatic N) is 1. The highest BCUT2D eigenvalue weighted by Gasteiger charge is 2.22. The number of rotatable bonds is 5. The molecule has 2 heterocycles. The third-order valence-electron chi connectivity index (χ3n) is 5.62. The van der Waals surface area contributed by atoms with Crippen molar-refractivity contribution in [3.63, 3.8) is 0 Å². The van der Waals surface area contributed by atoms with Crippen LogP contribution in [0.3, 0.4) is 0 Å². The quantitative estimate of drug-likeness (QED) is 0.846. The van der Waals surface area contributed by atoms with Crippen LogP contribution in [0.15, 0.2) is 48.5 Å². The molecule has 1 amide bonds. The van der Waals surface area contributed by atoms with Crippen molar-refractivity contribution < 1.29 is 14.3 Å². The molecule has 1 fully saturated rings. The van der Waals surface area contributed by atoms with Crippen LogP contribution >= 0.6 is 0 Å². The third kappa shape index (κ3) is 5.17. The number of amides is 1. The molecule has 154 valence electrons. The second-order valence-corrected chi connectivity index (χ2v) is 8.35. The molecule has 0 spiro atoms. The van der Waals surface area contributed by atoms with E-state index in [4.69, 9.17) is 9.47 Å². The van der Waals surface area contributed by atoms with E-state index in [9.17, 15) is 4.79 Å². The summed E-state index contributed by atoms with van der Waals surface area (Å²) in [5.74, 6) is 1.25. The van der Waals surface area contributed by atoms with E-state index in [-0.39, 0.29) is 18.1 Å². The lowest BCUT2D eigenvalue weighted by atomic mass is 9.96. The zero-order valence-corrected chi connectivity index (χ0v) is 17.3. The van der Waals surface area contributed by atoms with Gasteiger partial charge in [-0.15, -0.1) is 0 Å². The molecule has 0 aromatic heterocycles. The van der Waals surface area contributed by atoms with Crippen molar-refractivity contribution in [1.82, 2.24) is 10.2 Å². The second kappa shape index (κ2) is 8.97. The Balaban J connectivity index is 1.27. The van der Waals surface area contributed by atoms with Gasteiger partial charge in [0.05, 0.1) is 18.8 Å². The van der Waals surface area contributed by atoms with Gasteiger partial charge < -0.3 is 14.8 Å². The predicted octanol–water partition coefficient (Wildman–Crippen LogP) is 3.28.